The van der Waals surface area contributed by atoms with Gasteiger partial charge in [-0.3, -0.25) is 9.59 Å². The second kappa shape index (κ2) is 12.3. The Hall–Kier alpha value is -3.02. The van der Waals surface area contributed by atoms with Crippen LogP contribution in [0.4, 0.5) is 10.5 Å². The number of piperidine rings is 2. The Morgan fingerprint density at radius 1 is 1.00 bits per heavy atom. The number of nitrogens with one attached hydrogen (secondary N) is 2. The largest absolute Gasteiger partial charge is 0.490 e. The fourth-order valence-corrected chi connectivity index (χ4v) is 7.67. The molecule has 6 rings (SSSR count). The molecule has 11 heteroatoms. The van der Waals surface area contributed by atoms with Gasteiger partial charge in [0.15, 0.2) is 0 Å². The van der Waals surface area contributed by atoms with E-state index in [0.717, 1.165) is 14.7 Å². The predicted octanol–water partition coefficient (Wildman–Crippen LogP) is 7.61. The lowest BCUT2D eigenvalue weighted by atomic mass is 9.59. The Labute approximate surface area is 286 Å². The van der Waals surface area contributed by atoms with E-state index in [2.05, 4.69) is 33.2 Å². The summed E-state index contributed by atoms with van der Waals surface area (Å²) in [6.07, 6.45) is 0.806. The van der Waals surface area contributed by atoms with Gasteiger partial charge in [-0.15, -0.1) is 0 Å². The number of ether oxygens (including phenoxy) is 2. The van der Waals surface area contributed by atoms with Gasteiger partial charge in [-0.2, -0.15) is 0 Å². The highest BCUT2D eigenvalue weighted by atomic mass is 127. The zero-order valence-electron chi connectivity index (χ0n) is 25.2. The lowest BCUT2D eigenvalue weighted by molar-refractivity contribution is -0.131. The Morgan fingerprint density at radius 3 is 2.44 bits per heavy atom. The number of fused-ring (bicyclic) bond motifs is 2. The highest BCUT2D eigenvalue weighted by Gasteiger charge is 2.61. The summed E-state index contributed by atoms with van der Waals surface area (Å²) in [5.41, 5.74) is 1.07. The normalized spacial score (nSPS) is 23.4. The molecule has 2 fully saturated rings. The molecule has 236 valence electrons. The summed E-state index contributed by atoms with van der Waals surface area (Å²) in [7, 11) is 0. The van der Waals surface area contributed by atoms with Crippen molar-refractivity contribution in [2.75, 3.05) is 18.4 Å². The Bertz CT molecular complexity index is 1670. The van der Waals surface area contributed by atoms with E-state index in [9.17, 15) is 14.4 Å². The molecule has 3 aliphatic heterocycles. The molecule has 45 heavy (non-hydrogen) atoms. The predicted molar refractivity (Wildman–Crippen MR) is 182 cm³/mol. The van der Waals surface area contributed by atoms with Crippen LogP contribution >= 0.6 is 45.8 Å². The van der Waals surface area contributed by atoms with E-state index in [1.807, 2.05) is 63.2 Å². The monoisotopic (exact) mass is 761 g/mol. The fourth-order valence-electron chi connectivity index (χ4n) is 6.78. The van der Waals surface area contributed by atoms with Crippen LogP contribution in [0.5, 0.6) is 5.75 Å². The van der Waals surface area contributed by atoms with E-state index in [1.54, 1.807) is 23.1 Å². The second-order valence-corrected chi connectivity index (χ2v) is 14.9. The first kappa shape index (κ1) is 31.9. The molecule has 0 bridgehead atoms. The third kappa shape index (κ3) is 6.23. The number of likely N-dealkylation sites (tertiary alicyclic amines) is 1. The van der Waals surface area contributed by atoms with Gasteiger partial charge in [-0.25, -0.2) is 4.79 Å². The van der Waals surface area contributed by atoms with E-state index in [0.29, 0.717) is 53.0 Å². The minimum absolute atomic E-state index is 0.0928. The molecule has 3 aromatic rings. The van der Waals surface area contributed by atoms with Crippen molar-refractivity contribution in [3.8, 4) is 5.75 Å². The number of benzene rings is 3. The molecule has 0 aliphatic carbocycles. The fraction of sp³-hybridized carbons (Fsp3) is 0.382. The van der Waals surface area contributed by atoms with Gasteiger partial charge < -0.3 is 25.0 Å². The van der Waals surface area contributed by atoms with E-state index >= 15 is 0 Å². The minimum atomic E-state index is -1.22. The van der Waals surface area contributed by atoms with Crippen LogP contribution in [-0.4, -0.2) is 47.6 Å². The minimum Gasteiger partial charge on any atom is -0.490 e. The third-order valence-electron chi connectivity index (χ3n) is 8.67. The van der Waals surface area contributed by atoms with Gasteiger partial charge in [0, 0.05) is 63.1 Å². The maximum absolute atomic E-state index is 14.4. The smallest absolute Gasteiger partial charge is 0.410 e. The highest BCUT2D eigenvalue weighted by Crippen LogP contribution is 2.58. The molecular weight excluding hydrogens is 728 g/mol. The summed E-state index contributed by atoms with van der Waals surface area (Å²) < 4.78 is 13.1. The van der Waals surface area contributed by atoms with E-state index in [1.165, 1.54) is 0 Å². The number of halogens is 3. The van der Waals surface area contributed by atoms with Crippen LogP contribution in [0.1, 0.15) is 68.7 Å². The molecule has 1 spiro atoms. The number of hydrogen-bond donors (Lipinski definition) is 2. The summed E-state index contributed by atoms with van der Waals surface area (Å²) in [5, 5.41) is 7.29. The van der Waals surface area contributed by atoms with Crippen molar-refractivity contribution in [3.05, 3.63) is 91.0 Å². The molecule has 3 heterocycles. The summed E-state index contributed by atoms with van der Waals surface area (Å²) in [6.45, 7) is 6.55. The lowest BCUT2D eigenvalue weighted by Gasteiger charge is -2.47. The van der Waals surface area contributed by atoms with Crippen LogP contribution in [0.2, 0.25) is 10.0 Å². The van der Waals surface area contributed by atoms with Crippen LogP contribution in [0, 0.1) is 3.57 Å². The Morgan fingerprint density at radius 2 is 1.73 bits per heavy atom. The Balaban J connectivity index is 1.40. The first-order chi connectivity index (χ1) is 21.3. The number of rotatable bonds is 4. The average molecular weight is 762 g/mol. The number of carbonyl (C=O) groups is 3. The average Bonchev–Trinajstić information content (AvgIpc) is 3.25. The van der Waals surface area contributed by atoms with Crippen molar-refractivity contribution in [3.63, 3.8) is 0 Å². The van der Waals surface area contributed by atoms with Crippen molar-refractivity contribution in [2.45, 2.75) is 69.1 Å². The zero-order chi connectivity index (χ0) is 32.1. The molecule has 0 aromatic heterocycles. The van der Waals surface area contributed by atoms with Gasteiger partial charge in [0.05, 0.1) is 6.04 Å². The number of anilines is 1. The number of amides is 3. The van der Waals surface area contributed by atoms with Crippen molar-refractivity contribution in [2.24, 2.45) is 0 Å². The van der Waals surface area contributed by atoms with Crippen LogP contribution in [0.3, 0.4) is 0 Å². The van der Waals surface area contributed by atoms with Crippen molar-refractivity contribution in [1.29, 1.82) is 0 Å². The van der Waals surface area contributed by atoms with Gasteiger partial charge in [-0.05, 0) is 97.0 Å². The molecule has 2 N–H and O–H groups in total. The molecule has 1 unspecified atom stereocenters. The quantitative estimate of drug-likeness (QED) is 0.267. The van der Waals surface area contributed by atoms with Gasteiger partial charge in [0.25, 0.3) is 0 Å². The van der Waals surface area contributed by atoms with Gasteiger partial charge in [0.1, 0.15) is 22.9 Å². The molecular formula is C34H34Cl2IN3O5. The second-order valence-electron chi connectivity index (χ2n) is 12.8. The molecule has 8 nitrogen and oxygen atoms in total. The molecule has 2 saturated heterocycles. The zero-order valence-corrected chi connectivity index (χ0v) is 28.8. The third-order valence-corrected chi connectivity index (χ3v) is 9.81. The Kier molecular flexibility index (Phi) is 8.73. The van der Waals surface area contributed by atoms with E-state index in [4.69, 9.17) is 32.7 Å². The van der Waals surface area contributed by atoms with Crippen molar-refractivity contribution >= 4 is 69.4 Å². The SMILES string of the molecule is CC(C)(C)OC(=O)N1CCC(Oc2ccc(I)cc2[C@H]2NC(=O)C[C@@H](c3cccc(Cl)c3)C23C(=O)Nc2cc(Cl)ccc23)CC1. The number of carbonyl (C=O) groups excluding carboxylic acids is 3. The van der Waals surface area contributed by atoms with E-state index < -0.39 is 23.0 Å². The number of nitrogens with zero attached hydrogens (tertiary/aromatic N) is 1. The maximum atomic E-state index is 14.4. The first-order valence-corrected chi connectivity index (χ1v) is 16.8. The molecule has 0 radical (unpaired) electrons. The van der Waals surface area contributed by atoms with Crippen molar-refractivity contribution < 1.29 is 23.9 Å². The van der Waals surface area contributed by atoms with Crippen LogP contribution in [0.15, 0.2) is 60.7 Å². The van der Waals surface area contributed by atoms with Gasteiger partial charge in [-0.1, -0.05) is 41.4 Å². The molecule has 3 aliphatic rings. The summed E-state index contributed by atoms with van der Waals surface area (Å²) >= 11 is 15.1. The summed E-state index contributed by atoms with van der Waals surface area (Å²) in [5.74, 6) is -0.357. The summed E-state index contributed by atoms with van der Waals surface area (Å²) in [4.78, 5) is 42.3. The standard InChI is InChI=1S/C34H34Cl2IN3O5/c1-33(2,3)45-32(43)40-13-11-23(12-14-40)44-28-10-8-22(37)17-24(28)30-34(25-9-7-21(36)16-27(25)38-31(34)42)26(18-29(41)39-30)19-5-4-6-20(35)15-19/h4-10,15-17,23,26,30H,11-14,18H2,1-3H3,(H,38,42)(H,39,41)/t26-,30+,34?/m0/s1. The van der Waals surface area contributed by atoms with Crippen LogP contribution in [0.25, 0.3) is 0 Å². The van der Waals surface area contributed by atoms with Crippen LogP contribution < -0.4 is 15.4 Å². The summed E-state index contributed by atoms with van der Waals surface area (Å²) in [6, 6.07) is 17.8. The van der Waals surface area contributed by atoms with Crippen molar-refractivity contribution in [1.82, 2.24) is 10.2 Å². The van der Waals surface area contributed by atoms with Gasteiger partial charge >= 0.3 is 6.09 Å². The topological polar surface area (TPSA) is 97.0 Å². The maximum Gasteiger partial charge on any atom is 0.410 e. The molecule has 3 aromatic carbocycles. The molecule has 3 amide bonds. The molecule has 0 saturated carbocycles. The molecule has 3 atom stereocenters. The van der Waals surface area contributed by atoms with E-state index in [-0.39, 0.29) is 30.4 Å². The lowest BCUT2D eigenvalue weighted by Crippen LogP contribution is -2.57. The van der Waals surface area contributed by atoms with Crippen LogP contribution in [-0.2, 0) is 19.7 Å². The highest BCUT2D eigenvalue weighted by molar-refractivity contribution is 14.1. The van der Waals surface area contributed by atoms with Gasteiger partial charge in [0.2, 0.25) is 11.8 Å². The first-order valence-electron chi connectivity index (χ1n) is 15.0. The number of hydrogen-bond acceptors (Lipinski definition) is 5.